The lowest BCUT2D eigenvalue weighted by molar-refractivity contribution is -0.245. The van der Waals surface area contributed by atoms with Gasteiger partial charge in [-0.2, -0.15) is 4.98 Å². The van der Waals surface area contributed by atoms with Gasteiger partial charge in [-0.05, 0) is 24.8 Å². The van der Waals surface area contributed by atoms with Gasteiger partial charge < -0.3 is 33.9 Å². The number of aromatic nitrogens is 4. The minimum atomic E-state index is -4.55. The van der Waals surface area contributed by atoms with Gasteiger partial charge in [0.25, 0.3) is 13.4 Å². The Labute approximate surface area is 173 Å². The van der Waals surface area contributed by atoms with Gasteiger partial charge in [0.1, 0.15) is 24.1 Å². The van der Waals surface area contributed by atoms with E-state index in [1.807, 2.05) is 0 Å². The van der Waals surface area contributed by atoms with Crippen molar-refractivity contribution in [1.29, 1.82) is 0 Å². The molecule has 0 bridgehead atoms. The maximum Gasteiger partial charge on any atom is 1.00 e. The molecule has 2 saturated heterocycles. The van der Waals surface area contributed by atoms with E-state index in [2.05, 4.69) is 19.5 Å². The number of hydrogen-bond donors (Lipinski definition) is 3. The highest BCUT2D eigenvalue weighted by molar-refractivity contribution is 7.99. The number of nitrogens with zero attached hydrogens (tertiary/aromatic N) is 3. The van der Waals surface area contributed by atoms with Crippen molar-refractivity contribution in [2.45, 2.75) is 41.5 Å². The molecule has 0 amide bonds. The minimum Gasteiger partial charge on any atom is -0.756 e. The zero-order valence-electron chi connectivity index (χ0n) is 16.3. The molecule has 0 saturated carbocycles. The first-order chi connectivity index (χ1) is 14.2. The Morgan fingerprint density at radius 1 is 1.50 bits per heavy atom. The Morgan fingerprint density at radius 3 is 3.03 bits per heavy atom. The monoisotopic (exact) mass is 457 g/mol. The lowest BCUT2D eigenvalue weighted by Gasteiger charge is -2.34. The first-order valence-electron chi connectivity index (χ1n) is 8.71. The van der Waals surface area contributed by atoms with Gasteiger partial charge in [0.2, 0.25) is 5.95 Å². The average molecular weight is 457 g/mol. The van der Waals surface area contributed by atoms with Gasteiger partial charge in [0, 0.05) is 0 Å². The molecule has 160 valence electrons. The number of nitrogen functional groups attached to an aromatic ring is 1. The van der Waals surface area contributed by atoms with Crippen molar-refractivity contribution in [1.82, 2.24) is 19.5 Å². The van der Waals surface area contributed by atoms with Crippen molar-refractivity contribution >= 4 is 36.7 Å². The highest BCUT2D eigenvalue weighted by atomic mass is 32.2. The second-order valence-corrected chi connectivity index (χ2v) is 9.07. The Morgan fingerprint density at radius 2 is 2.30 bits per heavy atom. The van der Waals surface area contributed by atoms with Crippen molar-refractivity contribution in [3.8, 4) is 0 Å². The van der Waals surface area contributed by atoms with E-state index in [-0.39, 0.29) is 30.3 Å². The number of phosphoric acid groups is 1. The topological polar surface area (TPSA) is 191 Å². The highest BCUT2D eigenvalue weighted by Gasteiger charge is 2.51. The Kier molecular flexibility index (Phi) is 4.56. The van der Waals surface area contributed by atoms with Crippen molar-refractivity contribution in [2.75, 3.05) is 12.3 Å². The molecule has 2 aliphatic heterocycles. The summed E-state index contributed by atoms with van der Waals surface area (Å²) in [6, 6.07) is 1.71. The molecule has 3 unspecified atom stereocenters. The van der Waals surface area contributed by atoms with Gasteiger partial charge in [-0.15, -0.1) is 0 Å². The number of aryl methyl sites for hydroxylation is 1. The lowest BCUT2D eigenvalue weighted by atomic mass is 10.1. The second-order valence-electron chi connectivity index (χ2n) is 6.70. The first-order valence-corrected chi connectivity index (χ1v) is 11.0. The zero-order chi connectivity index (χ0) is 21.2. The van der Waals surface area contributed by atoms with Crippen LogP contribution < -0.4 is 16.2 Å². The number of hydrogen-bond acceptors (Lipinski definition) is 12. The van der Waals surface area contributed by atoms with Crippen LogP contribution in [0.3, 0.4) is 0 Å². The van der Waals surface area contributed by atoms with E-state index in [4.69, 9.17) is 19.4 Å². The summed E-state index contributed by atoms with van der Waals surface area (Å²) < 4.78 is 33.7. The number of imidazole rings is 1. The molecule has 0 spiro atoms. The Hall–Kier alpha value is -2.19. The van der Waals surface area contributed by atoms with Crippen molar-refractivity contribution in [2.24, 2.45) is 0 Å². The number of nitrogens with one attached hydrogen (secondary N) is 1. The highest BCUT2D eigenvalue weighted by Crippen LogP contribution is 2.50. The number of furan rings is 1. The van der Waals surface area contributed by atoms with Crippen LogP contribution in [0.2, 0.25) is 0 Å². The fourth-order valence-electron chi connectivity index (χ4n) is 3.40. The number of aliphatic hydroxyl groups excluding tert-OH is 1. The van der Waals surface area contributed by atoms with Gasteiger partial charge in [0.15, 0.2) is 22.5 Å². The normalized spacial score (nSPS) is 31.3. The fraction of sp³-hybridized carbons (Fsp3) is 0.400. The molecule has 2 fully saturated rings. The van der Waals surface area contributed by atoms with Gasteiger partial charge in [0.05, 0.1) is 17.8 Å². The minimum absolute atomic E-state index is 0. The van der Waals surface area contributed by atoms with Crippen molar-refractivity contribution in [3.05, 3.63) is 28.4 Å². The van der Waals surface area contributed by atoms with Crippen LogP contribution in [0.4, 0.5) is 5.95 Å². The van der Waals surface area contributed by atoms with Crippen LogP contribution in [0.5, 0.6) is 0 Å². The van der Waals surface area contributed by atoms with Gasteiger partial charge in [-0.1, -0.05) is 0 Å². The van der Waals surface area contributed by atoms with Gasteiger partial charge in [-0.3, -0.25) is 18.9 Å². The van der Waals surface area contributed by atoms with E-state index in [1.165, 1.54) is 10.8 Å². The van der Waals surface area contributed by atoms with E-state index >= 15 is 0 Å². The summed E-state index contributed by atoms with van der Waals surface area (Å²) in [5.41, 5.74) is 5.16. The number of aliphatic hydroxyl groups is 1. The molecule has 0 aliphatic carbocycles. The molecule has 13 nitrogen and oxygen atoms in total. The molecule has 5 heterocycles. The van der Waals surface area contributed by atoms with Crippen LogP contribution in [0.15, 0.2) is 31.6 Å². The molecule has 30 heavy (non-hydrogen) atoms. The van der Waals surface area contributed by atoms with Crippen LogP contribution in [-0.4, -0.2) is 49.5 Å². The third kappa shape index (κ3) is 3.17. The SMILES string of the molecule is Cc1occc1Sc1nc2c(=O)[nH]c(N)nc2n1[C@@H]1OC2COP(=O)([O-])O[C@H]2C1O.[H+]. The third-order valence-electron chi connectivity index (χ3n) is 4.76. The summed E-state index contributed by atoms with van der Waals surface area (Å²) in [6.45, 7) is 1.44. The van der Waals surface area contributed by atoms with Crippen molar-refractivity contribution < 1.29 is 34.2 Å². The van der Waals surface area contributed by atoms with E-state index in [9.17, 15) is 19.4 Å². The molecule has 2 aliphatic rings. The Bertz CT molecular complexity index is 1250. The quantitative estimate of drug-likeness (QED) is 0.447. The first kappa shape index (κ1) is 19.8. The standard InChI is InChI=1S/C15H16N5O8PS/c1-5-7(2-3-25-5)30-15-17-8-11(18-14(16)19-12(8)22)20(15)13-9(21)10-6(27-13)4-26-29(23,24)28-10/h2-3,6,9-10,13,21H,4H2,1H3,(H,23,24)(H3,16,18,19,22)/t6?,9?,10-,13-/m1/s1. The summed E-state index contributed by atoms with van der Waals surface area (Å²) in [5.74, 6) is 0.462. The average Bonchev–Trinajstić information content (AvgIpc) is 3.32. The maximum absolute atomic E-state index is 12.4. The number of phosphoric ester groups is 1. The number of aromatic amines is 1. The molecular formula is C15H16N5O8PS. The number of fused-ring (bicyclic) bond motifs is 2. The summed E-state index contributed by atoms with van der Waals surface area (Å²) in [7, 11) is -4.55. The summed E-state index contributed by atoms with van der Waals surface area (Å²) in [5, 5.41) is 11.1. The number of anilines is 1. The number of rotatable bonds is 3. The zero-order valence-corrected chi connectivity index (χ0v) is 17.0. The molecular weight excluding hydrogens is 441 g/mol. The number of nitrogens with two attached hydrogens (primary N) is 1. The largest absolute Gasteiger partial charge is 1.00 e. The number of H-pyrrole nitrogens is 1. The molecule has 15 heteroatoms. The molecule has 3 aromatic rings. The summed E-state index contributed by atoms with van der Waals surface area (Å²) in [4.78, 5) is 35.6. The molecule has 3 aromatic heterocycles. The molecule has 0 radical (unpaired) electrons. The fourth-order valence-corrected chi connectivity index (χ4v) is 5.29. The summed E-state index contributed by atoms with van der Waals surface area (Å²) >= 11 is 1.15. The predicted molar refractivity (Wildman–Crippen MR) is 99.6 cm³/mol. The lowest BCUT2D eigenvalue weighted by Crippen LogP contribution is -2.41. The van der Waals surface area contributed by atoms with E-state index < -0.39 is 37.9 Å². The maximum atomic E-state index is 12.4. The molecule has 0 aromatic carbocycles. The number of ether oxygens (including phenoxy) is 1. The molecule has 5 atom stereocenters. The molecule has 5 rings (SSSR count). The predicted octanol–water partition coefficient (Wildman–Crippen LogP) is 0.00902. The van der Waals surface area contributed by atoms with Crippen LogP contribution in [0.25, 0.3) is 11.2 Å². The van der Waals surface area contributed by atoms with E-state index in [1.54, 1.807) is 13.0 Å². The molecule has 4 N–H and O–H groups in total. The van der Waals surface area contributed by atoms with Gasteiger partial charge in [-0.25, -0.2) is 4.98 Å². The second kappa shape index (κ2) is 6.92. The summed E-state index contributed by atoms with van der Waals surface area (Å²) in [6.07, 6.45) is -3.11. The van der Waals surface area contributed by atoms with E-state index in [0.29, 0.717) is 10.7 Å². The third-order valence-corrected chi connectivity index (χ3v) is 6.84. The Balaban J connectivity index is 0.00000231. The van der Waals surface area contributed by atoms with Crippen LogP contribution in [0, 0.1) is 6.92 Å². The van der Waals surface area contributed by atoms with Crippen LogP contribution >= 0.6 is 19.6 Å². The van der Waals surface area contributed by atoms with Crippen LogP contribution in [-0.2, 0) is 18.3 Å². The van der Waals surface area contributed by atoms with Gasteiger partial charge >= 0.3 is 1.43 Å². The van der Waals surface area contributed by atoms with Crippen LogP contribution in [0.1, 0.15) is 13.4 Å². The van der Waals surface area contributed by atoms with Crippen molar-refractivity contribution in [3.63, 3.8) is 0 Å². The van der Waals surface area contributed by atoms with E-state index in [0.717, 1.165) is 11.8 Å². The smallest absolute Gasteiger partial charge is 0.756 e.